The van der Waals surface area contributed by atoms with Gasteiger partial charge < -0.3 is 9.88 Å². The third-order valence-corrected chi connectivity index (χ3v) is 2.97. The molecule has 0 unspecified atom stereocenters. The number of rotatable bonds is 6. The van der Waals surface area contributed by atoms with E-state index in [1.54, 1.807) is 35.2 Å². The normalized spacial score (nSPS) is 11.7. The highest BCUT2D eigenvalue weighted by Crippen LogP contribution is 2.29. The molecule has 0 fully saturated rings. The van der Waals surface area contributed by atoms with Crippen LogP contribution in [0.4, 0.5) is 8.78 Å². The number of benzene rings is 1. The minimum atomic E-state index is -2.85. The second kappa shape index (κ2) is 5.97. The molecule has 2 nitrogen and oxygen atoms in total. The fraction of sp³-hybridized carbons (Fsp3) is 0.333. The maximum absolute atomic E-state index is 14.1. The summed E-state index contributed by atoms with van der Waals surface area (Å²) in [5.41, 5.74) is 1.07. The summed E-state index contributed by atoms with van der Waals surface area (Å²) < 4.78 is 29.7. The zero-order valence-corrected chi connectivity index (χ0v) is 10.9. The first-order valence-electron chi connectivity index (χ1n) is 6.40. The number of hydrogen-bond acceptors (Lipinski definition) is 1. The predicted molar refractivity (Wildman–Crippen MR) is 72.1 cm³/mol. The fourth-order valence-corrected chi connectivity index (χ4v) is 1.97. The average Bonchev–Trinajstić information content (AvgIpc) is 2.84. The second-order valence-corrected chi connectivity index (χ2v) is 4.54. The predicted octanol–water partition coefficient (Wildman–Crippen LogP) is 3.39. The lowest BCUT2D eigenvalue weighted by Crippen LogP contribution is -2.20. The first kappa shape index (κ1) is 13.7. The molecule has 0 aliphatic heterocycles. The van der Waals surface area contributed by atoms with Gasteiger partial charge in [0.2, 0.25) is 0 Å². The lowest BCUT2D eigenvalue weighted by Gasteiger charge is -2.17. The van der Waals surface area contributed by atoms with Gasteiger partial charge in [-0.05, 0) is 18.2 Å². The Kier molecular flexibility index (Phi) is 4.32. The molecule has 19 heavy (non-hydrogen) atoms. The van der Waals surface area contributed by atoms with Crippen LogP contribution in [0.5, 0.6) is 0 Å². The quantitative estimate of drug-likeness (QED) is 0.846. The Morgan fingerprint density at radius 3 is 2.58 bits per heavy atom. The summed E-state index contributed by atoms with van der Waals surface area (Å²) in [4.78, 5) is 0. The fourth-order valence-electron chi connectivity index (χ4n) is 1.97. The average molecular weight is 264 g/mol. The van der Waals surface area contributed by atoms with Crippen LogP contribution in [-0.4, -0.2) is 11.1 Å². The van der Waals surface area contributed by atoms with E-state index in [4.69, 9.17) is 0 Å². The van der Waals surface area contributed by atoms with Crippen LogP contribution in [0.3, 0.4) is 0 Å². The number of nitrogens with zero attached hydrogens (tertiary/aromatic N) is 1. The van der Waals surface area contributed by atoms with Crippen molar-refractivity contribution in [3.63, 3.8) is 0 Å². The Bertz CT molecular complexity index is 506. The molecular formula is C15H18F2N2. The van der Waals surface area contributed by atoms with Crippen molar-refractivity contribution in [1.29, 1.82) is 0 Å². The van der Waals surface area contributed by atoms with Gasteiger partial charge in [0.25, 0.3) is 5.92 Å². The maximum Gasteiger partial charge on any atom is 0.290 e. The van der Waals surface area contributed by atoms with Gasteiger partial charge in [-0.15, -0.1) is 0 Å². The molecule has 0 spiro atoms. The van der Waals surface area contributed by atoms with Crippen molar-refractivity contribution in [2.24, 2.45) is 0 Å². The van der Waals surface area contributed by atoms with E-state index in [0.717, 1.165) is 12.1 Å². The number of aromatic nitrogens is 1. The molecule has 1 N–H and O–H groups in total. The number of alkyl halides is 2. The molecule has 0 aliphatic rings. The highest BCUT2D eigenvalue weighted by molar-refractivity contribution is 5.20. The van der Waals surface area contributed by atoms with Crippen molar-refractivity contribution in [2.75, 3.05) is 6.54 Å². The van der Waals surface area contributed by atoms with Crippen LogP contribution in [0.15, 0.2) is 48.8 Å². The topological polar surface area (TPSA) is 17.0 Å². The molecule has 0 radical (unpaired) electrons. The lowest BCUT2D eigenvalue weighted by atomic mass is 10.1. The zero-order valence-electron chi connectivity index (χ0n) is 10.9. The van der Waals surface area contributed by atoms with E-state index in [1.165, 1.54) is 12.1 Å². The second-order valence-electron chi connectivity index (χ2n) is 4.54. The van der Waals surface area contributed by atoms with E-state index in [-0.39, 0.29) is 12.1 Å². The number of nitrogens with one attached hydrogen (secondary N) is 1. The molecule has 1 aromatic heterocycles. The molecule has 2 rings (SSSR count). The molecule has 0 saturated heterocycles. The molecule has 0 aliphatic carbocycles. The van der Waals surface area contributed by atoms with Gasteiger partial charge in [-0.3, -0.25) is 0 Å². The van der Waals surface area contributed by atoms with Crippen LogP contribution in [-0.2, 0) is 19.0 Å². The number of halogens is 2. The van der Waals surface area contributed by atoms with E-state index in [1.807, 2.05) is 13.0 Å². The molecule has 2 aromatic rings. The van der Waals surface area contributed by atoms with E-state index in [9.17, 15) is 8.78 Å². The van der Waals surface area contributed by atoms with Gasteiger partial charge in [0, 0.05) is 24.5 Å². The largest absolute Gasteiger partial charge is 0.348 e. The van der Waals surface area contributed by atoms with E-state index in [2.05, 4.69) is 5.32 Å². The van der Waals surface area contributed by atoms with Gasteiger partial charge in [0.05, 0.1) is 6.54 Å². The smallest absolute Gasteiger partial charge is 0.290 e. The van der Waals surface area contributed by atoms with Crippen LogP contribution in [0.2, 0.25) is 0 Å². The third-order valence-electron chi connectivity index (χ3n) is 2.97. The molecule has 0 saturated carbocycles. The summed E-state index contributed by atoms with van der Waals surface area (Å²) in [6, 6.07) is 9.80. The molecule has 1 aromatic carbocycles. The highest BCUT2D eigenvalue weighted by Gasteiger charge is 2.31. The Balaban J connectivity index is 2.05. The molecular weight excluding hydrogens is 246 g/mol. The highest BCUT2D eigenvalue weighted by atomic mass is 19.3. The lowest BCUT2D eigenvalue weighted by molar-refractivity contribution is -0.0221. The SMILES string of the molecule is CCNCc1ccn(CC(F)(F)c2ccccc2)c1. The summed E-state index contributed by atoms with van der Waals surface area (Å²) in [5.74, 6) is -2.85. The van der Waals surface area contributed by atoms with Crippen molar-refractivity contribution >= 4 is 0 Å². The first-order chi connectivity index (χ1) is 9.12. The van der Waals surface area contributed by atoms with E-state index in [0.29, 0.717) is 6.54 Å². The summed E-state index contributed by atoms with van der Waals surface area (Å²) in [5, 5.41) is 3.17. The summed E-state index contributed by atoms with van der Waals surface area (Å²) in [7, 11) is 0. The molecule has 102 valence electrons. The molecule has 4 heteroatoms. The van der Waals surface area contributed by atoms with Gasteiger partial charge in [-0.2, -0.15) is 8.78 Å². The van der Waals surface area contributed by atoms with Gasteiger partial charge in [-0.25, -0.2) is 0 Å². The minimum absolute atomic E-state index is 0.0527. The van der Waals surface area contributed by atoms with Crippen LogP contribution in [0, 0.1) is 0 Å². The van der Waals surface area contributed by atoms with Gasteiger partial charge in [-0.1, -0.05) is 37.3 Å². The van der Waals surface area contributed by atoms with Crippen molar-refractivity contribution in [2.45, 2.75) is 25.9 Å². The van der Waals surface area contributed by atoms with Crippen LogP contribution in [0.25, 0.3) is 0 Å². The maximum atomic E-state index is 14.1. The summed E-state index contributed by atoms with van der Waals surface area (Å²) >= 11 is 0. The Morgan fingerprint density at radius 2 is 1.89 bits per heavy atom. The first-order valence-corrected chi connectivity index (χ1v) is 6.40. The van der Waals surface area contributed by atoms with Gasteiger partial charge >= 0.3 is 0 Å². The monoisotopic (exact) mass is 264 g/mol. The number of hydrogen-bond donors (Lipinski definition) is 1. The van der Waals surface area contributed by atoms with E-state index < -0.39 is 5.92 Å². The summed E-state index contributed by atoms with van der Waals surface area (Å²) in [6.45, 7) is 3.26. The standard InChI is InChI=1S/C15H18F2N2/c1-2-18-10-13-8-9-19(11-13)12-15(16,17)14-6-4-3-5-7-14/h3-9,11,18H,2,10,12H2,1H3. The zero-order chi connectivity index (χ0) is 13.7. The third kappa shape index (κ3) is 3.64. The van der Waals surface area contributed by atoms with Crippen molar-refractivity contribution < 1.29 is 8.78 Å². The van der Waals surface area contributed by atoms with Gasteiger partial charge in [0.15, 0.2) is 0 Å². The van der Waals surface area contributed by atoms with Crippen molar-refractivity contribution in [3.8, 4) is 0 Å². The molecule has 0 amide bonds. The Morgan fingerprint density at radius 1 is 1.16 bits per heavy atom. The Labute approximate surface area is 112 Å². The van der Waals surface area contributed by atoms with Crippen LogP contribution in [0.1, 0.15) is 18.1 Å². The summed E-state index contributed by atoms with van der Waals surface area (Å²) in [6.07, 6.45) is 3.46. The van der Waals surface area contributed by atoms with Gasteiger partial charge in [0.1, 0.15) is 0 Å². The van der Waals surface area contributed by atoms with Crippen LogP contribution < -0.4 is 5.32 Å². The molecule has 1 heterocycles. The minimum Gasteiger partial charge on any atom is -0.348 e. The van der Waals surface area contributed by atoms with Crippen molar-refractivity contribution in [3.05, 3.63) is 59.9 Å². The van der Waals surface area contributed by atoms with E-state index >= 15 is 0 Å². The van der Waals surface area contributed by atoms with Crippen LogP contribution >= 0.6 is 0 Å². The van der Waals surface area contributed by atoms with Crippen molar-refractivity contribution in [1.82, 2.24) is 9.88 Å². The Hall–Kier alpha value is -1.68. The molecule has 0 atom stereocenters. The molecule has 0 bridgehead atoms.